The van der Waals surface area contributed by atoms with Crippen molar-refractivity contribution in [2.45, 2.75) is 39.5 Å². The second-order valence-electron chi connectivity index (χ2n) is 12.0. The summed E-state index contributed by atoms with van der Waals surface area (Å²) in [6.07, 6.45) is 4.68. The van der Waals surface area contributed by atoms with E-state index in [9.17, 15) is 24.0 Å². The molecular weight excluding hydrogens is 692 g/mol. The Morgan fingerprint density at radius 3 is 1.39 bits per heavy atom. The van der Waals surface area contributed by atoms with Crippen LogP contribution >= 0.6 is 0 Å². The van der Waals surface area contributed by atoms with Crippen LogP contribution in [0, 0.1) is 13.8 Å². The lowest BCUT2D eigenvalue weighted by molar-refractivity contribution is -0.138. The second kappa shape index (κ2) is 20.5. The van der Waals surface area contributed by atoms with Gasteiger partial charge < -0.3 is 28.4 Å². The summed E-state index contributed by atoms with van der Waals surface area (Å²) in [4.78, 5) is 60.3. The van der Waals surface area contributed by atoms with E-state index in [1.54, 1.807) is 60.7 Å². The van der Waals surface area contributed by atoms with E-state index in [1.807, 2.05) is 13.8 Å². The topological polar surface area (TPSA) is 141 Å². The number of ether oxygens (including phenoxy) is 6. The maximum atomic E-state index is 12.9. The predicted molar refractivity (Wildman–Crippen MR) is 201 cm³/mol. The zero-order valence-corrected chi connectivity index (χ0v) is 30.3. The van der Waals surface area contributed by atoms with Crippen LogP contribution in [0.3, 0.4) is 0 Å². The maximum Gasteiger partial charge on any atom is 0.343 e. The van der Waals surface area contributed by atoms with Crippen molar-refractivity contribution in [1.29, 1.82) is 0 Å². The summed E-state index contributed by atoms with van der Waals surface area (Å²) in [5.74, 6) is -1.25. The molecule has 0 saturated heterocycles. The highest BCUT2D eigenvalue weighted by molar-refractivity contribution is 5.93. The third-order valence-electron chi connectivity index (χ3n) is 7.89. The predicted octanol–water partition coefficient (Wildman–Crippen LogP) is 7.96. The molecule has 4 rings (SSSR count). The monoisotopic (exact) mass is 734 g/mol. The average Bonchev–Trinajstić information content (AvgIpc) is 3.18. The van der Waals surface area contributed by atoms with Gasteiger partial charge in [0.2, 0.25) is 0 Å². The number of aryl methyl sites for hydroxylation is 2. The van der Waals surface area contributed by atoms with Gasteiger partial charge in [0.05, 0.1) is 43.1 Å². The van der Waals surface area contributed by atoms with E-state index in [0.29, 0.717) is 54.9 Å². The zero-order chi connectivity index (χ0) is 38.9. The number of esters is 5. The van der Waals surface area contributed by atoms with Gasteiger partial charge in [0.1, 0.15) is 17.2 Å². The Bertz CT molecular complexity index is 1920. The van der Waals surface area contributed by atoms with Crippen molar-refractivity contribution in [3.05, 3.63) is 138 Å². The smallest absolute Gasteiger partial charge is 0.343 e. The van der Waals surface area contributed by atoms with Crippen LogP contribution in [-0.4, -0.2) is 56.3 Å². The van der Waals surface area contributed by atoms with E-state index < -0.39 is 29.8 Å². The molecule has 4 aromatic rings. The minimum absolute atomic E-state index is 0.207. The molecule has 0 amide bonds. The average molecular weight is 735 g/mol. The summed E-state index contributed by atoms with van der Waals surface area (Å²) < 4.78 is 32.1. The minimum atomic E-state index is -0.583. The Labute approximate surface area is 314 Å². The first-order valence-corrected chi connectivity index (χ1v) is 17.3. The summed E-state index contributed by atoms with van der Waals surface area (Å²) >= 11 is 0. The SMILES string of the molecule is C=CC(=O)OCCCCOC(=O)c1ccc(-c2ccc(OC(=O)c3ccc(OC(=O)c4cc(C)c(OCCCCOC(=O)C=C)c(C)c4)cc3)cc2)cc1. The molecular formula is C43H42O11. The lowest BCUT2D eigenvalue weighted by Gasteiger charge is -2.14. The second-order valence-corrected chi connectivity index (χ2v) is 12.0. The van der Waals surface area contributed by atoms with Crippen molar-refractivity contribution in [2.75, 3.05) is 26.4 Å². The number of benzene rings is 4. The Balaban J connectivity index is 1.23. The maximum absolute atomic E-state index is 12.9. The summed E-state index contributed by atoms with van der Waals surface area (Å²) in [6.45, 7) is 11.5. The molecule has 0 atom stereocenters. The molecule has 11 heteroatoms. The van der Waals surface area contributed by atoms with Crippen molar-refractivity contribution in [3.63, 3.8) is 0 Å². The molecule has 0 heterocycles. The van der Waals surface area contributed by atoms with E-state index in [0.717, 1.165) is 34.4 Å². The van der Waals surface area contributed by atoms with Crippen molar-refractivity contribution < 1.29 is 52.4 Å². The summed E-state index contributed by atoms with van der Waals surface area (Å²) in [5.41, 5.74) is 4.28. The van der Waals surface area contributed by atoms with E-state index in [4.69, 9.17) is 28.4 Å². The van der Waals surface area contributed by atoms with E-state index in [-0.39, 0.29) is 31.1 Å². The third-order valence-corrected chi connectivity index (χ3v) is 7.89. The Morgan fingerprint density at radius 2 is 0.889 bits per heavy atom. The number of carbonyl (C=O) groups excluding carboxylic acids is 5. The fraction of sp³-hybridized carbons (Fsp3) is 0.233. The first-order valence-electron chi connectivity index (χ1n) is 17.3. The zero-order valence-electron chi connectivity index (χ0n) is 30.3. The Morgan fingerprint density at radius 1 is 0.500 bits per heavy atom. The molecule has 0 aliphatic carbocycles. The van der Waals surface area contributed by atoms with Gasteiger partial charge >= 0.3 is 29.8 Å². The summed E-state index contributed by atoms with van der Waals surface area (Å²) in [6, 6.07) is 23.3. The highest BCUT2D eigenvalue weighted by Gasteiger charge is 2.16. The fourth-order valence-corrected chi connectivity index (χ4v) is 5.10. The van der Waals surface area contributed by atoms with Gasteiger partial charge in [-0.3, -0.25) is 0 Å². The highest BCUT2D eigenvalue weighted by Crippen LogP contribution is 2.27. The molecule has 54 heavy (non-hydrogen) atoms. The van der Waals surface area contributed by atoms with Gasteiger partial charge in [-0.1, -0.05) is 37.4 Å². The van der Waals surface area contributed by atoms with Crippen LogP contribution in [-0.2, 0) is 23.8 Å². The van der Waals surface area contributed by atoms with E-state index in [2.05, 4.69) is 13.2 Å². The van der Waals surface area contributed by atoms with Gasteiger partial charge in [0.15, 0.2) is 0 Å². The number of carbonyl (C=O) groups is 5. The molecule has 280 valence electrons. The van der Waals surface area contributed by atoms with Crippen molar-refractivity contribution in [1.82, 2.24) is 0 Å². The van der Waals surface area contributed by atoms with Crippen molar-refractivity contribution in [2.24, 2.45) is 0 Å². The van der Waals surface area contributed by atoms with Crippen LogP contribution in [0.2, 0.25) is 0 Å². The van der Waals surface area contributed by atoms with Crippen LogP contribution in [0.4, 0.5) is 0 Å². The number of rotatable bonds is 19. The first kappa shape index (κ1) is 40.3. The molecule has 0 N–H and O–H groups in total. The lowest BCUT2D eigenvalue weighted by atomic mass is 10.0. The molecule has 0 saturated carbocycles. The van der Waals surface area contributed by atoms with Gasteiger partial charge in [0, 0.05) is 12.2 Å². The van der Waals surface area contributed by atoms with Crippen LogP contribution in [0.25, 0.3) is 11.1 Å². The number of unbranched alkanes of at least 4 members (excludes halogenated alkanes) is 2. The molecule has 0 bridgehead atoms. The van der Waals surface area contributed by atoms with Gasteiger partial charge in [-0.05, 0) is 122 Å². The van der Waals surface area contributed by atoms with Crippen LogP contribution in [0.5, 0.6) is 17.2 Å². The molecule has 0 aliphatic rings. The molecule has 11 nitrogen and oxygen atoms in total. The molecule has 0 fully saturated rings. The van der Waals surface area contributed by atoms with Crippen molar-refractivity contribution in [3.8, 4) is 28.4 Å². The Hall–Kier alpha value is -6.49. The lowest BCUT2D eigenvalue weighted by Crippen LogP contribution is -2.11. The largest absolute Gasteiger partial charge is 0.493 e. The molecule has 0 aromatic heterocycles. The Kier molecular flexibility index (Phi) is 15.3. The normalized spacial score (nSPS) is 10.4. The summed E-state index contributed by atoms with van der Waals surface area (Å²) in [7, 11) is 0. The van der Waals surface area contributed by atoms with E-state index in [1.165, 1.54) is 24.3 Å². The van der Waals surface area contributed by atoms with Gasteiger partial charge in [0.25, 0.3) is 0 Å². The van der Waals surface area contributed by atoms with Gasteiger partial charge in [-0.2, -0.15) is 0 Å². The van der Waals surface area contributed by atoms with Crippen molar-refractivity contribution >= 4 is 29.8 Å². The standard InChI is InChI=1S/C43H42O11/c1-5-38(44)49-23-7-9-25-51-40-29(3)27-35(28-30(40)4)43(48)54-37-21-17-34(18-22-37)42(47)53-36-19-15-32(16-20-36)31-11-13-33(14-12-31)41(46)52-26-10-8-24-50-39(45)6-2/h5-6,11-22,27-28H,1-2,7-10,23-26H2,3-4H3. The molecule has 0 aliphatic heterocycles. The van der Waals surface area contributed by atoms with Gasteiger partial charge in [-0.25, -0.2) is 24.0 Å². The quantitative estimate of drug-likeness (QED) is 0.0305. The van der Waals surface area contributed by atoms with E-state index >= 15 is 0 Å². The third kappa shape index (κ3) is 12.3. The molecule has 0 unspecified atom stereocenters. The first-order chi connectivity index (χ1) is 26.1. The number of hydrogen-bond acceptors (Lipinski definition) is 11. The summed E-state index contributed by atoms with van der Waals surface area (Å²) in [5, 5.41) is 0. The highest BCUT2D eigenvalue weighted by atomic mass is 16.5. The number of hydrogen-bond donors (Lipinski definition) is 0. The van der Waals surface area contributed by atoms with Crippen LogP contribution in [0.1, 0.15) is 67.9 Å². The van der Waals surface area contributed by atoms with Crippen LogP contribution in [0.15, 0.2) is 110 Å². The van der Waals surface area contributed by atoms with Gasteiger partial charge in [-0.15, -0.1) is 0 Å². The molecule has 4 aromatic carbocycles. The minimum Gasteiger partial charge on any atom is -0.493 e. The van der Waals surface area contributed by atoms with Crippen LogP contribution < -0.4 is 14.2 Å². The molecule has 0 spiro atoms. The fourth-order valence-electron chi connectivity index (χ4n) is 5.10. The molecule has 0 radical (unpaired) electrons.